The Bertz CT molecular complexity index is 1230. The molecule has 1 atom stereocenters. The van der Waals surface area contributed by atoms with Crippen molar-refractivity contribution in [3.8, 4) is 11.1 Å². The third-order valence-corrected chi connectivity index (χ3v) is 5.54. The van der Waals surface area contributed by atoms with Crippen molar-refractivity contribution in [1.82, 2.24) is 14.3 Å². The molecule has 4 rings (SSSR count). The van der Waals surface area contributed by atoms with Crippen molar-refractivity contribution < 1.29 is 9.53 Å². The number of anilines is 2. The molecule has 0 spiro atoms. The highest BCUT2D eigenvalue weighted by Gasteiger charge is 2.29. The van der Waals surface area contributed by atoms with Gasteiger partial charge in [-0.3, -0.25) is 9.20 Å². The summed E-state index contributed by atoms with van der Waals surface area (Å²) in [6.45, 7) is 10.9. The van der Waals surface area contributed by atoms with Crippen molar-refractivity contribution in [1.29, 1.82) is 0 Å². The highest BCUT2D eigenvalue weighted by atomic mass is 16.6. The number of nitrogens with zero attached hydrogens (tertiary/aromatic N) is 3. The number of carbonyl (C=O) groups excluding carboxylic acids is 1. The summed E-state index contributed by atoms with van der Waals surface area (Å²) in [6.07, 6.45) is 2.31. The van der Waals surface area contributed by atoms with E-state index in [0.717, 1.165) is 17.7 Å². The first-order valence-corrected chi connectivity index (χ1v) is 11.7. The third-order valence-electron chi connectivity index (χ3n) is 5.54. The summed E-state index contributed by atoms with van der Waals surface area (Å²) in [5, 5.41) is 6.81. The molecule has 34 heavy (non-hydrogen) atoms. The lowest BCUT2D eigenvalue weighted by molar-refractivity contribution is 0.0293. The van der Waals surface area contributed by atoms with Gasteiger partial charge in [0.25, 0.3) is 5.56 Å². The van der Waals surface area contributed by atoms with Gasteiger partial charge in [0, 0.05) is 37.1 Å². The van der Waals surface area contributed by atoms with Crippen LogP contribution in [0.4, 0.5) is 16.3 Å². The monoisotopic (exact) mass is 463 g/mol. The van der Waals surface area contributed by atoms with E-state index in [0.29, 0.717) is 30.1 Å². The lowest BCUT2D eigenvalue weighted by atomic mass is 10.1. The first-order chi connectivity index (χ1) is 16.1. The van der Waals surface area contributed by atoms with Gasteiger partial charge in [0.1, 0.15) is 17.1 Å². The summed E-state index contributed by atoms with van der Waals surface area (Å²) in [5.74, 6) is 0.579. The molecule has 180 valence electrons. The average molecular weight is 464 g/mol. The van der Waals surface area contributed by atoms with Gasteiger partial charge in [-0.1, -0.05) is 18.2 Å². The molecule has 1 fully saturated rings. The molecule has 0 aliphatic carbocycles. The third kappa shape index (κ3) is 5.32. The van der Waals surface area contributed by atoms with E-state index in [9.17, 15) is 9.59 Å². The predicted octanol–water partition coefficient (Wildman–Crippen LogP) is 4.60. The first-order valence-electron chi connectivity index (χ1n) is 11.7. The molecule has 1 amide bonds. The van der Waals surface area contributed by atoms with E-state index in [4.69, 9.17) is 9.72 Å². The minimum atomic E-state index is -0.502. The number of likely N-dealkylation sites (tertiary alicyclic amines) is 1. The number of pyridine rings is 1. The molecule has 3 aromatic rings. The molecule has 0 bridgehead atoms. The summed E-state index contributed by atoms with van der Waals surface area (Å²) >= 11 is 0. The largest absolute Gasteiger partial charge is 0.444 e. The number of carbonyl (C=O) groups is 1. The Morgan fingerprint density at radius 1 is 1.15 bits per heavy atom. The molecule has 2 N–H and O–H groups in total. The fraction of sp³-hybridized carbons (Fsp3) is 0.423. The molecule has 0 saturated carbocycles. The fourth-order valence-electron chi connectivity index (χ4n) is 4.07. The Morgan fingerprint density at radius 3 is 2.56 bits per heavy atom. The first kappa shape index (κ1) is 23.6. The zero-order valence-electron chi connectivity index (χ0n) is 20.5. The minimum Gasteiger partial charge on any atom is -0.444 e. The van der Waals surface area contributed by atoms with Crippen molar-refractivity contribution in [3.05, 3.63) is 59.0 Å². The summed E-state index contributed by atoms with van der Waals surface area (Å²) in [4.78, 5) is 32.1. The van der Waals surface area contributed by atoms with Crippen molar-refractivity contribution in [2.75, 3.05) is 23.7 Å². The van der Waals surface area contributed by atoms with Crippen LogP contribution in [0.3, 0.4) is 0 Å². The summed E-state index contributed by atoms with van der Waals surface area (Å²) in [6, 6.07) is 13.6. The van der Waals surface area contributed by atoms with Crippen LogP contribution in [-0.4, -0.2) is 51.2 Å². The van der Waals surface area contributed by atoms with Crippen LogP contribution in [0.2, 0.25) is 0 Å². The highest BCUT2D eigenvalue weighted by molar-refractivity contribution is 5.77. The standard InChI is InChI=1S/C26H33N5O3/c1-17(2)27-23-22(24(32)31-14-7-6-8-21(31)29-23)18-9-11-19(12-10-18)28-20-13-15-30(16-20)25(33)34-26(3,4)5/h6-12,14,17,20,27-28H,13,15-16H2,1-5H3. The second-order valence-corrected chi connectivity index (χ2v) is 10.0. The van der Waals surface area contributed by atoms with Gasteiger partial charge in [-0.05, 0) is 70.9 Å². The molecule has 1 aromatic carbocycles. The molecular formula is C26H33N5O3. The van der Waals surface area contributed by atoms with Crippen LogP contribution in [0.1, 0.15) is 41.0 Å². The fourth-order valence-corrected chi connectivity index (χ4v) is 4.07. The van der Waals surface area contributed by atoms with Crippen LogP contribution in [0.15, 0.2) is 53.5 Å². The topological polar surface area (TPSA) is 88.0 Å². The number of hydrogen-bond acceptors (Lipinski definition) is 6. The van der Waals surface area contributed by atoms with Gasteiger partial charge in [-0.15, -0.1) is 0 Å². The number of aromatic nitrogens is 2. The maximum Gasteiger partial charge on any atom is 0.410 e. The van der Waals surface area contributed by atoms with E-state index >= 15 is 0 Å². The lowest BCUT2D eigenvalue weighted by Crippen LogP contribution is -2.36. The van der Waals surface area contributed by atoms with Crippen molar-refractivity contribution >= 4 is 23.2 Å². The van der Waals surface area contributed by atoms with Gasteiger partial charge in [0.05, 0.1) is 5.56 Å². The SMILES string of the molecule is CC(C)Nc1nc2ccccn2c(=O)c1-c1ccc(NC2CCN(C(=O)OC(C)(C)C)C2)cc1. The maximum absolute atomic E-state index is 13.3. The molecule has 1 unspecified atom stereocenters. The van der Waals surface area contributed by atoms with Crippen molar-refractivity contribution in [2.45, 2.75) is 58.7 Å². The quantitative estimate of drug-likeness (QED) is 0.575. The van der Waals surface area contributed by atoms with Crippen LogP contribution in [0.5, 0.6) is 0 Å². The van der Waals surface area contributed by atoms with E-state index in [-0.39, 0.29) is 23.7 Å². The van der Waals surface area contributed by atoms with Gasteiger partial charge in [-0.25, -0.2) is 9.78 Å². The Kier molecular flexibility index (Phi) is 6.50. The second kappa shape index (κ2) is 9.37. The zero-order valence-corrected chi connectivity index (χ0v) is 20.5. The smallest absolute Gasteiger partial charge is 0.410 e. The number of fused-ring (bicyclic) bond motifs is 1. The van der Waals surface area contributed by atoms with Crippen LogP contribution in [-0.2, 0) is 4.74 Å². The predicted molar refractivity (Wildman–Crippen MR) is 135 cm³/mol. The number of benzene rings is 1. The Balaban J connectivity index is 1.53. The minimum absolute atomic E-state index is 0.113. The summed E-state index contributed by atoms with van der Waals surface area (Å²) in [7, 11) is 0. The van der Waals surface area contributed by atoms with E-state index < -0.39 is 5.60 Å². The Morgan fingerprint density at radius 2 is 1.88 bits per heavy atom. The van der Waals surface area contributed by atoms with Crippen molar-refractivity contribution in [2.24, 2.45) is 0 Å². The molecule has 8 nitrogen and oxygen atoms in total. The highest BCUT2D eigenvalue weighted by Crippen LogP contribution is 2.26. The molecular weight excluding hydrogens is 430 g/mol. The van der Waals surface area contributed by atoms with Gasteiger partial charge in [0.2, 0.25) is 0 Å². The summed E-state index contributed by atoms with van der Waals surface area (Å²) < 4.78 is 7.05. The van der Waals surface area contributed by atoms with Gasteiger partial charge in [0.15, 0.2) is 0 Å². The van der Waals surface area contributed by atoms with E-state index in [2.05, 4.69) is 10.6 Å². The number of amides is 1. The zero-order chi connectivity index (χ0) is 24.5. The number of ether oxygens (including phenoxy) is 1. The molecule has 0 radical (unpaired) electrons. The number of nitrogens with one attached hydrogen (secondary N) is 2. The Labute approximate surface area is 200 Å². The van der Waals surface area contributed by atoms with Crippen LogP contribution in [0, 0.1) is 0 Å². The average Bonchev–Trinajstić information content (AvgIpc) is 3.22. The molecule has 1 aliphatic rings. The van der Waals surface area contributed by atoms with Crippen molar-refractivity contribution in [3.63, 3.8) is 0 Å². The van der Waals surface area contributed by atoms with Crippen LogP contribution in [0.25, 0.3) is 16.8 Å². The normalized spacial score (nSPS) is 16.2. The second-order valence-electron chi connectivity index (χ2n) is 10.0. The lowest BCUT2D eigenvalue weighted by Gasteiger charge is -2.24. The van der Waals surface area contributed by atoms with E-state index in [1.165, 1.54) is 0 Å². The van der Waals surface area contributed by atoms with E-state index in [1.807, 2.05) is 77.1 Å². The molecule has 8 heteroatoms. The molecule has 2 aromatic heterocycles. The van der Waals surface area contributed by atoms with Gasteiger partial charge >= 0.3 is 6.09 Å². The Hall–Kier alpha value is -3.55. The van der Waals surface area contributed by atoms with Crippen LogP contribution < -0.4 is 16.2 Å². The van der Waals surface area contributed by atoms with Gasteiger partial charge in [-0.2, -0.15) is 0 Å². The number of rotatable bonds is 5. The van der Waals surface area contributed by atoms with E-state index in [1.54, 1.807) is 15.5 Å². The summed E-state index contributed by atoms with van der Waals surface area (Å²) in [5.41, 5.74) is 2.27. The van der Waals surface area contributed by atoms with Crippen LogP contribution >= 0.6 is 0 Å². The van der Waals surface area contributed by atoms with Gasteiger partial charge < -0.3 is 20.3 Å². The molecule has 1 aliphatic heterocycles. The molecule has 1 saturated heterocycles. The maximum atomic E-state index is 13.3. The molecule has 3 heterocycles. The number of hydrogen-bond donors (Lipinski definition) is 2.